The Balaban J connectivity index is 1.40. The van der Waals surface area contributed by atoms with Crippen molar-refractivity contribution in [2.24, 2.45) is 34.6 Å². The summed E-state index contributed by atoms with van der Waals surface area (Å²) in [5.74, 6) is 5.71. The van der Waals surface area contributed by atoms with Gasteiger partial charge in [0.15, 0.2) is 11.3 Å². The first-order valence-electron chi connectivity index (χ1n) is 11.7. The third-order valence-corrected chi connectivity index (χ3v) is 8.19. The highest BCUT2D eigenvalue weighted by molar-refractivity contribution is 5.23. The zero-order valence-electron chi connectivity index (χ0n) is 18.0. The molecule has 0 radical (unpaired) electrons. The van der Waals surface area contributed by atoms with E-state index in [4.69, 9.17) is 9.98 Å². The zero-order valence-corrected chi connectivity index (χ0v) is 18.0. The molecule has 0 amide bonds. The third kappa shape index (κ3) is 3.21. The minimum absolute atomic E-state index is 0.188. The Kier molecular flexibility index (Phi) is 4.59. The van der Waals surface area contributed by atoms with E-state index in [1.165, 1.54) is 55.2 Å². The Hall–Kier alpha value is -1.32. The second kappa shape index (κ2) is 6.88. The van der Waals surface area contributed by atoms with Gasteiger partial charge in [0.25, 0.3) is 0 Å². The van der Waals surface area contributed by atoms with Crippen molar-refractivity contribution < 1.29 is 5.21 Å². The van der Waals surface area contributed by atoms with Crippen LogP contribution in [-0.4, -0.2) is 21.5 Å². The summed E-state index contributed by atoms with van der Waals surface area (Å²) in [6.07, 6.45) is 13.0. The molecular formula is C24H37N3O. The zero-order chi connectivity index (χ0) is 19.5. The summed E-state index contributed by atoms with van der Waals surface area (Å²) < 4.78 is 1.38. The second-order valence-corrected chi connectivity index (χ2v) is 11.2. The molecule has 4 nitrogen and oxygen atoms in total. The van der Waals surface area contributed by atoms with Crippen molar-refractivity contribution in [3.63, 3.8) is 0 Å². The van der Waals surface area contributed by atoms with Crippen molar-refractivity contribution in [1.29, 1.82) is 0 Å². The molecule has 0 spiro atoms. The van der Waals surface area contributed by atoms with Crippen LogP contribution in [0.4, 0.5) is 0 Å². The van der Waals surface area contributed by atoms with E-state index in [1.54, 1.807) is 0 Å². The lowest BCUT2D eigenvalue weighted by Gasteiger charge is -2.54. The average molecular weight is 384 g/mol. The lowest BCUT2D eigenvalue weighted by molar-refractivity contribution is -0.0385. The molecule has 1 aromatic rings. The van der Waals surface area contributed by atoms with Crippen molar-refractivity contribution in [2.45, 2.75) is 90.4 Å². The van der Waals surface area contributed by atoms with Gasteiger partial charge in [0.2, 0.25) is 0 Å². The van der Waals surface area contributed by atoms with E-state index < -0.39 is 0 Å². The van der Waals surface area contributed by atoms with Crippen LogP contribution in [0.2, 0.25) is 0 Å². The second-order valence-electron chi connectivity index (χ2n) is 11.2. The molecule has 0 atom stereocenters. The van der Waals surface area contributed by atoms with Gasteiger partial charge in [-0.3, -0.25) is 4.99 Å². The Bertz CT molecular complexity index is 788. The molecule has 1 N–H and O–H groups in total. The molecular weight excluding hydrogens is 346 g/mol. The molecule has 4 saturated carbocycles. The lowest BCUT2D eigenvalue weighted by Crippen LogP contribution is -2.45. The molecule has 0 unspecified atom stereocenters. The third-order valence-electron chi connectivity index (χ3n) is 8.19. The minimum Gasteiger partial charge on any atom is -0.427 e. The summed E-state index contributed by atoms with van der Waals surface area (Å²) in [4.78, 5) is 9.93. The molecule has 1 heterocycles. The first-order valence-corrected chi connectivity index (χ1v) is 11.7. The van der Waals surface area contributed by atoms with E-state index in [2.05, 4.69) is 20.8 Å². The molecule has 6 rings (SSSR count). The molecule has 4 fully saturated rings. The van der Waals surface area contributed by atoms with Crippen molar-refractivity contribution in [3.05, 3.63) is 22.6 Å². The van der Waals surface area contributed by atoms with Crippen LogP contribution in [-0.2, 0) is 18.3 Å². The quantitative estimate of drug-likeness (QED) is 0.772. The SMILES string of the molecule is CC(C)(C)c1nc(=NCCC2C3CC4CC(C3)CC2C4)c2c(n1O)CCCC2. The minimum atomic E-state index is -0.188. The van der Waals surface area contributed by atoms with Crippen LogP contribution in [0.5, 0.6) is 0 Å². The van der Waals surface area contributed by atoms with Gasteiger partial charge in [-0.2, -0.15) is 4.73 Å². The molecule has 5 aliphatic rings. The van der Waals surface area contributed by atoms with E-state index in [9.17, 15) is 5.21 Å². The standard InChI is InChI=1S/C24H37N3O/c1-24(2,3)23-26-22(20-6-4-5-7-21(20)27(23)28)25-9-8-19-17-11-15-10-16(13-17)14-18(19)12-15/h15-19,28H,4-14H2,1-3H3. The fourth-order valence-electron chi connectivity index (χ4n) is 7.15. The van der Waals surface area contributed by atoms with E-state index in [-0.39, 0.29) is 5.41 Å². The van der Waals surface area contributed by atoms with Gasteiger partial charge in [0, 0.05) is 17.5 Å². The molecule has 1 aromatic heterocycles. The Morgan fingerprint density at radius 3 is 2.29 bits per heavy atom. The van der Waals surface area contributed by atoms with Crippen LogP contribution in [0.15, 0.2) is 4.99 Å². The van der Waals surface area contributed by atoms with Crippen LogP contribution in [0.25, 0.3) is 0 Å². The smallest absolute Gasteiger partial charge is 0.154 e. The number of hydrogen-bond donors (Lipinski definition) is 1. The molecule has 0 aromatic carbocycles. The van der Waals surface area contributed by atoms with Gasteiger partial charge in [-0.15, -0.1) is 0 Å². The van der Waals surface area contributed by atoms with Crippen molar-refractivity contribution in [3.8, 4) is 0 Å². The van der Waals surface area contributed by atoms with Gasteiger partial charge in [-0.05, 0) is 93.8 Å². The summed E-state index contributed by atoms with van der Waals surface area (Å²) in [7, 11) is 0. The summed E-state index contributed by atoms with van der Waals surface area (Å²) in [6.45, 7) is 7.27. The van der Waals surface area contributed by atoms with E-state index in [0.717, 1.165) is 72.4 Å². The predicted octanol–water partition coefficient (Wildman–Crippen LogP) is 4.66. The van der Waals surface area contributed by atoms with Crippen molar-refractivity contribution in [2.75, 3.05) is 6.54 Å². The Labute approximate surface area is 169 Å². The first-order chi connectivity index (χ1) is 13.4. The van der Waals surface area contributed by atoms with Crippen LogP contribution in [0.1, 0.15) is 89.2 Å². The number of rotatable bonds is 3. The largest absolute Gasteiger partial charge is 0.427 e. The number of hydrogen-bond acceptors (Lipinski definition) is 3. The Morgan fingerprint density at radius 2 is 1.64 bits per heavy atom. The molecule has 154 valence electrons. The van der Waals surface area contributed by atoms with Crippen molar-refractivity contribution in [1.82, 2.24) is 9.71 Å². The highest BCUT2D eigenvalue weighted by Gasteiger charge is 2.47. The molecule has 28 heavy (non-hydrogen) atoms. The molecule has 5 aliphatic carbocycles. The fraction of sp³-hybridized carbons (Fsp3) is 0.833. The topological polar surface area (TPSA) is 50.4 Å². The van der Waals surface area contributed by atoms with E-state index in [0.29, 0.717) is 0 Å². The monoisotopic (exact) mass is 383 g/mol. The maximum Gasteiger partial charge on any atom is 0.154 e. The predicted molar refractivity (Wildman–Crippen MR) is 110 cm³/mol. The van der Waals surface area contributed by atoms with Gasteiger partial charge < -0.3 is 5.21 Å². The normalized spacial score (nSPS) is 34.7. The maximum absolute atomic E-state index is 10.8. The van der Waals surface area contributed by atoms with Crippen LogP contribution >= 0.6 is 0 Å². The summed E-state index contributed by atoms with van der Waals surface area (Å²) in [5.41, 5.74) is 2.99. The van der Waals surface area contributed by atoms with E-state index >= 15 is 0 Å². The summed E-state index contributed by atoms with van der Waals surface area (Å²) in [6, 6.07) is 0. The number of aromatic nitrogens is 2. The Morgan fingerprint density at radius 1 is 1.00 bits per heavy atom. The van der Waals surface area contributed by atoms with Gasteiger partial charge in [-0.1, -0.05) is 20.8 Å². The molecule has 0 saturated heterocycles. The van der Waals surface area contributed by atoms with Gasteiger partial charge in [0.1, 0.15) is 0 Å². The van der Waals surface area contributed by atoms with Crippen LogP contribution in [0.3, 0.4) is 0 Å². The summed E-state index contributed by atoms with van der Waals surface area (Å²) >= 11 is 0. The lowest BCUT2D eigenvalue weighted by atomic mass is 9.51. The van der Waals surface area contributed by atoms with Crippen LogP contribution in [0, 0.1) is 29.6 Å². The van der Waals surface area contributed by atoms with Gasteiger partial charge >= 0.3 is 0 Å². The molecule has 4 bridgehead atoms. The van der Waals surface area contributed by atoms with E-state index in [1.807, 2.05) is 0 Å². The maximum atomic E-state index is 10.8. The molecule has 0 aliphatic heterocycles. The first kappa shape index (κ1) is 18.7. The van der Waals surface area contributed by atoms with Crippen molar-refractivity contribution >= 4 is 0 Å². The number of fused-ring (bicyclic) bond motifs is 1. The highest BCUT2D eigenvalue weighted by atomic mass is 16.5. The average Bonchev–Trinajstić information content (AvgIpc) is 2.64. The fourth-order valence-corrected chi connectivity index (χ4v) is 7.15. The molecule has 4 heteroatoms. The number of nitrogens with zero attached hydrogens (tertiary/aromatic N) is 3. The highest BCUT2D eigenvalue weighted by Crippen LogP contribution is 2.57. The van der Waals surface area contributed by atoms with Crippen LogP contribution < -0.4 is 5.49 Å². The van der Waals surface area contributed by atoms with Gasteiger partial charge in [-0.25, -0.2) is 4.98 Å². The van der Waals surface area contributed by atoms with Gasteiger partial charge in [0.05, 0.1) is 5.69 Å². The summed E-state index contributed by atoms with van der Waals surface area (Å²) in [5, 5.41) is 10.8.